The molecule has 13 heavy (non-hydrogen) atoms. The SMILES string of the molecule is O=S(=O)=C1NCCNC1C(F)(F)F. The maximum absolute atomic E-state index is 12.2. The predicted molar refractivity (Wildman–Crippen MR) is 39.8 cm³/mol. The van der Waals surface area contributed by atoms with E-state index in [0.29, 0.717) is 0 Å². The van der Waals surface area contributed by atoms with Gasteiger partial charge in [0, 0.05) is 13.1 Å². The second kappa shape index (κ2) is 3.64. The fraction of sp³-hybridized carbons (Fsp3) is 0.800. The average Bonchev–Trinajstić information content (AvgIpc) is 2.03. The third-order valence-corrected chi connectivity index (χ3v) is 2.28. The lowest BCUT2D eigenvalue weighted by Crippen LogP contribution is -2.59. The fourth-order valence-corrected chi connectivity index (χ4v) is 1.65. The average molecular weight is 216 g/mol. The molecule has 0 aromatic rings. The van der Waals surface area contributed by atoms with Crippen molar-refractivity contribution in [2.45, 2.75) is 12.2 Å². The van der Waals surface area contributed by atoms with Crippen LogP contribution >= 0.6 is 0 Å². The lowest BCUT2D eigenvalue weighted by Gasteiger charge is -2.26. The number of hydrogen-bond acceptors (Lipinski definition) is 3. The first-order chi connectivity index (χ1) is 5.93. The van der Waals surface area contributed by atoms with E-state index in [0.717, 1.165) is 0 Å². The minimum Gasteiger partial charge on any atom is -0.299 e. The maximum Gasteiger partial charge on any atom is 0.409 e. The molecule has 4 nitrogen and oxygen atoms in total. The summed E-state index contributed by atoms with van der Waals surface area (Å²) in [5.41, 5.74) is 0. The van der Waals surface area contributed by atoms with Crippen molar-refractivity contribution in [1.82, 2.24) is 10.6 Å². The lowest BCUT2D eigenvalue weighted by molar-refractivity contribution is -0.140. The first-order valence-electron chi connectivity index (χ1n) is 3.43. The van der Waals surface area contributed by atoms with E-state index >= 15 is 0 Å². The summed E-state index contributed by atoms with van der Waals surface area (Å²) in [6.07, 6.45) is -4.58. The molecule has 0 aromatic carbocycles. The van der Waals surface area contributed by atoms with E-state index in [4.69, 9.17) is 0 Å². The van der Waals surface area contributed by atoms with E-state index in [-0.39, 0.29) is 13.1 Å². The summed E-state index contributed by atoms with van der Waals surface area (Å²) < 4.78 is 57.2. The zero-order chi connectivity index (χ0) is 10.1. The topological polar surface area (TPSA) is 58.2 Å². The Balaban J connectivity index is 3.01. The molecule has 2 N–H and O–H groups in total. The Bertz CT molecular complexity index is 313. The molecule has 1 atom stereocenters. The fourth-order valence-electron chi connectivity index (χ4n) is 1.02. The molecule has 0 radical (unpaired) electrons. The van der Waals surface area contributed by atoms with Crippen LogP contribution in [0.15, 0.2) is 0 Å². The van der Waals surface area contributed by atoms with Crippen LogP contribution in [-0.4, -0.2) is 38.7 Å². The van der Waals surface area contributed by atoms with Gasteiger partial charge in [-0.3, -0.25) is 10.6 Å². The van der Waals surface area contributed by atoms with Crippen LogP contribution in [-0.2, 0) is 10.3 Å². The number of hydrogen-bond donors (Lipinski definition) is 2. The largest absolute Gasteiger partial charge is 0.409 e. The van der Waals surface area contributed by atoms with Crippen LogP contribution in [0.2, 0.25) is 0 Å². The van der Waals surface area contributed by atoms with E-state index in [1.165, 1.54) is 0 Å². The molecule has 1 unspecified atom stereocenters. The van der Waals surface area contributed by atoms with Crippen LogP contribution in [0, 0.1) is 0 Å². The number of rotatable bonds is 0. The standard InChI is InChI=1S/C5H7F3N2O2S/c6-5(7,8)3-4(13(11)12)10-2-1-9-3/h3,9-10H,1-2H2. The molecule has 1 heterocycles. The zero-order valence-electron chi connectivity index (χ0n) is 6.35. The highest BCUT2D eigenvalue weighted by Crippen LogP contribution is 2.21. The Morgan fingerprint density at radius 3 is 2.31 bits per heavy atom. The minimum atomic E-state index is -4.58. The first-order valence-corrected chi connectivity index (χ1v) is 4.50. The predicted octanol–water partition coefficient (Wildman–Crippen LogP) is -0.881. The van der Waals surface area contributed by atoms with Gasteiger partial charge >= 0.3 is 6.18 Å². The molecule has 8 heteroatoms. The van der Waals surface area contributed by atoms with Crippen molar-refractivity contribution in [3.8, 4) is 0 Å². The van der Waals surface area contributed by atoms with Crippen LogP contribution in [0.25, 0.3) is 0 Å². The monoisotopic (exact) mass is 216 g/mol. The minimum absolute atomic E-state index is 0.0882. The van der Waals surface area contributed by atoms with Crippen LogP contribution in [0.4, 0.5) is 13.2 Å². The van der Waals surface area contributed by atoms with E-state index in [1.807, 2.05) is 0 Å². The van der Waals surface area contributed by atoms with Gasteiger partial charge in [0.1, 0.15) is 4.99 Å². The van der Waals surface area contributed by atoms with Gasteiger partial charge in [-0.05, 0) is 0 Å². The Morgan fingerprint density at radius 1 is 1.31 bits per heavy atom. The van der Waals surface area contributed by atoms with Crippen molar-refractivity contribution in [3.63, 3.8) is 0 Å². The van der Waals surface area contributed by atoms with Crippen LogP contribution in [0.1, 0.15) is 0 Å². The number of piperazine rings is 1. The van der Waals surface area contributed by atoms with E-state index in [9.17, 15) is 21.6 Å². The third-order valence-electron chi connectivity index (χ3n) is 1.54. The Labute approximate surface area is 73.7 Å². The van der Waals surface area contributed by atoms with Gasteiger partial charge in [0.25, 0.3) is 0 Å². The number of nitrogens with one attached hydrogen (secondary N) is 2. The van der Waals surface area contributed by atoms with Gasteiger partial charge in [-0.1, -0.05) is 0 Å². The van der Waals surface area contributed by atoms with E-state index < -0.39 is 27.5 Å². The van der Waals surface area contributed by atoms with E-state index in [1.54, 1.807) is 0 Å². The molecule has 1 rings (SSSR count). The van der Waals surface area contributed by atoms with Gasteiger partial charge < -0.3 is 0 Å². The van der Waals surface area contributed by atoms with Gasteiger partial charge in [-0.2, -0.15) is 21.6 Å². The molecule has 1 aliphatic rings. The molecule has 0 saturated carbocycles. The zero-order valence-corrected chi connectivity index (χ0v) is 7.17. The van der Waals surface area contributed by atoms with Crippen LogP contribution < -0.4 is 10.6 Å². The van der Waals surface area contributed by atoms with Gasteiger partial charge in [-0.15, -0.1) is 0 Å². The van der Waals surface area contributed by atoms with Gasteiger partial charge in [0.05, 0.1) is 0 Å². The van der Waals surface area contributed by atoms with Gasteiger partial charge in [-0.25, -0.2) is 0 Å². The lowest BCUT2D eigenvalue weighted by atomic mass is 10.2. The van der Waals surface area contributed by atoms with Gasteiger partial charge in [0.15, 0.2) is 6.04 Å². The van der Waals surface area contributed by atoms with Crippen molar-refractivity contribution in [3.05, 3.63) is 0 Å². The highest BCUT2D eigenvalue weighted by molar-refractivity contribution is 7.73. The molecule has 0 aliphatic carbocycles. The molecule has 0 amide bonds. The summed E-state index contributed by atoms with van der Waals surface area (Å²) in [5, 5.41) is 4.27. The van der Waals surface area contributed by atoms with Crippen LogP contribution in [0.3, 0.4) is 0 Å². The Hall–Kier alpha value is -0.600. The molecule has 76 valence electrons. The second-order valence-electron chi connectivity index (χ2n) is 2.45. The molecule has 0 bridgehead atoms. The summed E-state index contributed by atoms with van der Waals surface area (Å²) >= 11 is 0. The van der Waals surface area contributed by atoms with E-state index in [2.05, 4.69) is 10.6 Å². The van der Waals surface area contributed by atoms with Gasteiger partial charge in [0.2, 0.25) is 10.3 Å². The number of halogens is 3. The number of alkyl halides is 3. The second-order valence-corrected chi connectivity index (χ2v) is 3.36. The van der Waals surface area contributed by atoms with Crippen molar-refractivity contribution in [2.75, 3.05) is 13.1 Å². The summed E-state index contributed by atoms with van der Waals surface area (Å²) in [4.78, 5) is -0.737. The van der Waals surface area contributed by atoms with Crippen LogP contribution in [0.5, 0.6) is 0 Å². The molecule has 0 spiro atoms. The Kier molecular flexibility index (Phi) is 2.94. The van der Waals surface area contributed by atoms with Crippen molar-refractivity contribution in [2.24, 2.45) is 0 Å². The summed E-state index contributed by atoms with van der Waals surface area (Å²) in [6.45, 7) is 0.265. The van der Waals surface area contributed by atoms with Crippen molar-refractivity contribution >= 4 is 15.3 Å². The summed E-state index contributed by atoms with van der Waals surface area (Å²) in [5.74, 6) is 0. The third kappa shape index (κ3) is 2.42. The normalized spacial score (nSPS) is 24.5. The highest BCUT2D eigenvalue weighted by Gasteiger charge is 2.44. The molecule has 1 saturated heterocycles. The summed E-state index contributed by atoms with van der Waals surface area (Å²) in [6, 6.07) is -2.10. The van der Waals surface area contributed by atoms with Crippen molar-refractivity contribution in [1.29, 1.82) is 0 Å². The maximum atomic E-state index is 12.2. The quantitative estimate of drug-likeness (QED) is 0.516. The molecule has 0 aromatic heterocycles. The molecular weight excluding hydrogens is 209 g/mol. The molecule has 1 fully saturated rings. The smallest absolute Gasteiger partial charge is 0.299 e. The highest BCUT2D eigenvalue weighted by atomic mass is 32.2. The Morgan fingerprint density at radius 2 is 1.92 bits per heavy atom. The molecular formula is C5H7F3N2O2S. The summed E-state index contributed by atoms with van der Waals surface area (Å²) in [7, 11) is -2.86. The first kappa shape index (κ1) is 10.5. The van der Waals surface area contributed by atoms with Crippen molar-refractivity contribution < 1.29 is 21.6 Å². The molecule has 1 aliphatic heterocycles.